The Labute approximate surface area is 179 Å². The molecule has 0 radical (unpaired) electrons. The van der Waals surface area contributed by atoms with Crippen molar-refractivity contribution in [1.29, 1.82) is 0 Å². The minimum atomic E-state index is -0.514. The predicted octanol–water partition coefficient (Wildman–Crippen LogP) is 3.09. The van der Waals surface area contributed by atoms with E-state index in [9.17, 15) is 9.90 Å². The standard InChI is InChI=1S/C25H34N2O3/c1-17-7-6-8-18-15-21-22(23(28)25(17,18)2)20(24(29)30-21)16-26-11-13-27(14-12-26)19-9-4-3-5-10-19/h3-5,8-10,17,20-23,28H,6-7,11-16H2,1-2H3/t17-,20+,21-,22-,23+,25-/m1/s1. The highest BCUT2D eigenvalue weighted by atomic mass is 16.6. The number of fused-ring (bicyclic) bond motifs is 2. The van der Waals surface area contributed by atoms with Gasteiger partial charge in [0.15, 0.2) is 0 Å². The molecule has 0 unspecified atom stereocenters. The van der Waals surface area contributed by atoms with E-state index >= 15 is 0 Å². The predicted molar refractivity (Wildman–Crippen MR) is 117 cm³/mol. The maximum Gasteiger partial charge on any atom is 0.311 e. The summed E-state index contributed by atoms with van der Waals surface area (Å²) in [5.74, 6) is 0.0115. The van der Waals surface area contributed by atoms with Gasteiger partial charge in [-0.2, -0.15) is 0 Å². The maximum atomic E-state index is 12.8. The van der Waals surface area contributed by atoms with Crippen LogP contribution < -0.4 is 4.90 Å². The summed E-state index contributed by atoms with van der Waals surface area (Å²) in [6.45, 7) is 8.96. The fourth-order valence-corrected chi connectivity index (χ4v) is 6.38. The first-order valence-corrected chi connectivity index (χ1v) is 11.6. The van der Waals surface area contributed by atoms with Gasteiger partial charge in [0.1, 0.15) is 6.10 Å². The van der Waals surface area contributed by atoms with Gasteiger partial charge in [0.05, 0.1) is 12.0 Å². The molecule has 2 aliphatic heterocycles. The molecular formula is C25H34N2O3. The van der Waals surface area contributed by atoms with Gasteiger partial charge < -0.3 is 14.7 Å². The Morgan fingerprint density at radius 1 is 1.17 bits per heavy atom. The zero-order valence-corrected chi connectivity index (χ0v) is 18.2. The average molecular weight is 411 g/mol. The lowest BCUT2D eigenvalue weighted by molar-refractivity contribution is -0.145. The smallest absolute Gasteiger partial charge is 0.311 e. The van der Waals surface area contributed by atoms with Crippen LogP contribution in [0.15, 0.2) is 42.0 Å². The lowest BCUT2D eigenvalue weighted by Gasteiger charge is -2.52. The van der Waals surface area contributed by atoms with Crippen LogP contribution in [0.1, 0.15) is 33.1 Å². The van der Waals surface area contributed by atoms with Crippen molar-refractivity contribution in [1.82, 2.24) is 4.90 Å². The van der Waals surface area contributed by atoms with Crippen molar-refractivity contribution in [3.05, 3.63) is 42.0 Å². The van der Waals surface area contributed by atoms with Crippen molar-refractivity contribution >= 4 is 11.7 Å². The lowest BCUT2D eigenvalue weighted by atomic mass is 9.55. The second-order valence-electron chi connectivity index (χ2n) is 9.92. The molecule has 0 amide bonds. The van der Waals surface area contributed by atoms with Gasteiger partial charge in [0.25, 0.3) is 0 Å². The Kier molecular flexibility index (Phi) is 5.14. The van der Waals surface area contributed by atoms with Crippen LogP contribution >= 0.6 is 0 Å². The van der Waals surface area contributed by atoms with E-state index < -0.39 is 6.10 Å². The highest BCUT2D eigenvalue weighted by Gasteiger charge is 2.59. The normalized spacial score (nSPS) is 39.2. The average Bonchev–Trinajstić information content (AvgIpc) is 3.07. The highest BCUT2D eigenvalue weighted by molar-refractivity contribution is 5.76. The Morgan fingerprint density at radius 2 is 1.90 bits per heavy atom. The molecule has 5 rings (SSSR count). The van der Waals surface area contributed by atoms with E-state index in [0.717, 1.165) is 45.4 Å². The number of carbonyl (C=O) groups excluding carboxylic acids is 1. The molecule has 162 valence electrons. The fourth-order valence-electron chi connectivity index (χ4n) is 6.38. The number of carbonyl (C=O) groups is 1. The van der Waals surface area contributed by atoms with Crippen LogP contribution in [-0.2, 0) is 9.53 Å². The Hall–Kier alpha value is -1.85. The number of benzene rings is 1. The molecule has 0 aromatic heterocycles. The summed E-state index contributed by atoms with van der Waals surface area (Å²) in [6, 6.07) is 10.5. The number of hydrogen-bond donors (Lipinski definition) is 1. The summed E-state index contributed by atoms with van der Waals surface area (Å²) in [5, 5.41) is 11.5. The number of allylic oxidation sites excluding steroid dienone is 1. The summed E-state index contributed by atoms with van der Waals surface area (Å²) >= 11 is 0. The SMILES string of the molecule is C[C@@H]1CCC=C2C[C@H]3OC(=O)[C@@H](CN4CCN(c5ccccc5)CC4)[C@H]3[C@H](O)[C@@]21C. The van der Waals surface area contributed by atoms with Gasteiger partial charge in [-0.15, -0.1) is 0 Å². The largest absolute Gasteiger partial charge is 0.461 e. The minimum absolute atomic E-state index is 0.0904. The number of aliphatic hydroxyl groups excluding tert-OH is 1. The minimum Gasteiger partial charge on any atom is -0.461 e. The van der Waals surface area contributed by atoms with E-state index in [4.69, 9.17) is 4.74 Å². The number of nitrogens with zero attached hydrogens (tertiary/aromatic N) is 2. The number of piperazine rings is 1. The van der Waals surface area contributed by atoms with Gasteiger partial charge in [-0.05, 0) is 30.9 Å². The van der Waals surface area contributed by atoms with Crippen LogP contribution in [0.3, 0.4) is 0 Å². The third kappa shape index (κ3) is 3.18. The molecule has 1 saturated carbocycles. The molecule has 1 N–H and O–H groups in total. The third-order valence-electron chi connectivity index (χ3n) is 8.52. The number of esters is 1. The fraction of sp³-hybridized carbons (Fsp3) is 0.640. The third-order valence-corrected chi connectivity index (χ3v) is 8.52. The van der Waals surface area contributed by atoms with Crippen molar-refractivity contribution in [3.8, 4) is 0 Å². The van der Waals surface area contributed by atoms with Crippen molar-refractivity contribution in [2.24, 2.45) is 23.2 Å². The lowest BCUT2D eigenvalue weighted by Crippen LogP contribution is -2.55. The quantitative estimate of drug-likeness (QED) is 0.613. The van der Waals surface area contributed by atoms with E-state index in [1.807, 2.05) is 6.07 Å². The first-order chi connectivity index (χ1) is 14.5. The van der Waals surface area contributed by atoms with E-state index in [-0.39, 0.29) is 29.3 Å². The van der Waals surface area contributed by atoms with Crippen LogP contribution in [0.25, 0.3) is 0 Å². The first-order valence-electron chi connectivity index (χ1n) is 11.6. The Balaban J connectivity index is 1.28. The zero-order valence-electron chi connectivity index (χ0n) is 18.2. The Morgan fingerprint density at radius 3 is 2.63 bits per heavy atom. The van der Waals surface area contributed by atoms with Crippen LogP contribution in [-0.4, -0.2) is 60.9 Å². The molecule has 4 aliphatic rings. The molecule has 2 saturated heterocycles. The molecule has 6 atom stereocenters. The number of rotatable bonds is 3. The summed E-state index contributed by atoms with van der Waals surface area (Å²) < 4.78 is 5.83. The number of para-hydroxylation sites is 1. The molecule has 5 nitrogen and oxygen atoms in total. The summed E-state index contributed by atoms with van der Waals surface area (Å²) in [6.07, 6.45) is 4.59. The van der Waals surface area contributed by atoms with Gasteiger partial charge in [-0.1, -0.05) is 43.7 Å². The van der Waals surface area contributed by atoms with Crippen LogP contribution in [0.2, 0.25) is 0 Å². The zero-order chi connectivity index (χ0) is 20.9. The molecular weight excluding hydrogens is 376 g/mol. The van der Waals surface area contributed by atoms with Gasteiger partial charge in [-0.3, -0.25) is 9.69 Å². The Bertz CT molecular complexity index is 817. The van der Waals surface area contributed by atoms with Gasteiger partial charge in [0.2, 0.25) is 0 Å². The maximum absolute atomic E-state index is 12.8. The van der Waals surface area contributed by atoms with Crippen LogP contribution in [0, 0.1) is 23.2 Å². The van der Waals surface area contributed by atoms with Crippen molar-refractivity contribution in [2.45, 2.75) is 45.3 Å². The van der Waals surface area contributed by atoms with Crippen molar-refractivity contribution < 1.29 is 14.6 Å². The summed E-state index contributed by atoms with van der Waals surface area (Å²) in [4.78, 5) is 17.6. The van der Waals surface area contributed by atoms with E-state index in [0.29, 0.717) is 12.5 Å². The number of ether oxygens (including phenoxy) is 1. The molecule has 0 bridgehead atoms. The van der Waals surface area contributed by atoms with Gasteiger partial charge in [-0.25, -0.2) is 0 Å². The first kappa shape index (κ1) is 20.1. The number of aliphatic hydroxyl groups is 1. The van der Waals surface area contributed by atoms with Gasteiger partial charge >= 0.3 is 5.97 Å². The van der Waals surface area contributed by atoms with E-state index in [2.05, 4.69) is 54.0 Å². The van der Waals surface area contributed by atoms with Crippen molar-refractivity contribution in [3.63, 3.8) is 0 Å². The monoisotopic (exact) mass is 410 g/mol. The molecule has 0 spiro atoms. The molecule has 1 aromatic rings. The van der Waals surface area contributed by atoms with Crippen molar-refractivity contribution in [2.75, 3.05) is 37.6 Å². The second-order valence-corrected chi connectivity index (χ2v) is 9.92. The molecule has 30 heavy (non-hydrogen) atoms. The molecule has 2 aliphatic carbocycles. The van der Waals surface area contributed by atoms with E-state index in [1.165, 1.54) is 11.3 Å². The topological polar surface area (TPSA) is 53.0 Å². The van der Waals surface area contributed by atoms with Crippen LogP contribution in [0.5, 0.6) is 0 Å². The molecule has 1 aromatic carbocycles. The summed E-state index contributed by atoms with van der Waals surface area (Å²) in [7, 11) is 0. The summed E-state index contributed by atoms with van der Waals surface area (Å²) in [5.41, 5.74) is 2.34. The number of hydrogen-bond acceptors (Lipinski definition) is 5. The molecule has 5 heteroatoms. The molecule has 3 fully saturated rings. The second kappa shape index (κ2) is 7.69. The number of anilines is 1. The van der Waals surface area contributed by atoms with Gasteiger partial charge in [0, 0.05) is 56.2 Å². The molecule has 2 heterocycles. The highest BCUT2D eigenvalue weighted by Crippen LogP contribution is 2.56. The van der Waals surface area contributed by atoms with Crippen LogP contribution in [0.4, 0.5) is 5.69 Å². The van der Waals surface area contributed by atoms with E-state index in [1.54, 1.807) is 0 Å².